The summed E-state index contributed by atoms with van der Waals surface area (Å²) in [6.07, 6.45) is 4.49. The van der Waals surface area contributed by atoms with Crippen molar-refractivity contribution in [3.05, 3.63) is 82.7 Å². The first-order chi connectivity index (χ1) is 15.8. The minimum Gasteiger partial charge on any atom is -0.481 e. The number of aromatic nitrogens is 4. The Bertz CT molecular complexity index is 1350. The Labute approximate surface area is 192 Å². The Morgan fingerprint density at radius 2 is 1.85 bits per heavy atom. The van der Waals surface area contributed by atoms with Crippen molar-refractivity contribution in [3.8, 4) is 0 Å². The first-order valence-electron chi connectivity index (χ1n) is 9.93. The topological polar surface area (TPSA) is 138 Å². The number of hydrogen-bond donors (Lipinski definition) is 3. The van der Waals surface area contributed by atoms with Gasteiger partial charge in [0.25, 0.3) is 0 Å². The molecular weight excluding hydrogens is 446 g/mol. The van der Waals surface area contributed by atoms with Crippen molar-refractivity contribution < 1.29 is 19.5 Å². The quantitative estimate of drug-likeness (QED) is 0.356. The van der Waals surface area contributed by atoms with E-state index < -0.39 is 11.9 Å². The van der Waals surface area contributed by atoms with Gasteiger partial charge in [-0.15, -0.1) is 0 Å². The molecule has 3 N–H and O–H groups in total. The second-order valence-corrected chi connectivity index (χ2v) is 7.80. The van der Waals surface area contributed by atoms with Gasteiger partial charge in [0.05, 0.1) is 23.9 Å². The number of halogens is 1. The molecule has 166 valence electrons. The molecule has 0 bridgehead atoms. The number of pyridine rings is 1. The number of nitrogens with zero attached hydrogens (tertiary/aromatic N) is 3. The van der Waals surface area contributed by atoms with Crippen LogP contribution in [0.4, 0.5) is 5.69 Å². The molecule has 0 radical (unpaired) electrons. The molecule has 4 aromatic rings. The van der Waals surface area contributed by atoms with Gasteiger partial charge in [0.15, 0.2) is 0 Å². The van der Waals surface area contributed by atoms with E-state index in [1.54, 1.807) is 30.3 Å². The van der Waals surface area contributed by atoms with Crippen LogP contribution in [0.15, 0.2) is 55.0 Å². The van der Waals surface area contributed by atoms with Crippen molar-refractivity contribution >= 4 is 46.0 Å². The lowest BCUT2D eigenvalue weighted by molar-refractivity contribution is -0.138. The van der Waals surface area contributed by atoms with Gasteiger partial charge in [-0.25, -0.2) is 9.97 Å². The molecule has 1 aromatic carbocycles. The summed E-state index contributed by atoms with van der Waals surface area (Å²) in [5.41, 5.74) is 2.13. The molecule has 0 saturated carbocycles. The van der Waals surface area contributed by atoms with Crippen LogP contribution in [-0.2, 0) is 16.0 Å². The summed E-state index contributed by atoms with van der Waals surface area (Å²) < 4.78 is 0. The van der Waals surface area contributed by atoms with Crippen LogP contribution in [0.3, 0.4) is 0 Å². The Kier molecular flexibility index (Phi) is 6.14. The van der Waals surface area contributed by atoms with E-state index in [1.165, 1.54) is 31.6 Å². The van der Waals surface area contributed by atoms with E-state index >= 15 is 0 Å². The second-order valence-electron chi connectivity index (χ2n) is 7.37. The number of rotatable bonds is 7. The fourth-order valence-corrected chi connectivity index (χ4v) is 3.29. The van der Waals surface area contributed by atoms with E-state index in [4.69, 9.17) is 16.7 Å². The van der Waals surface area contributed by atoms with Crippen LogP contribution in [0.25, 0.3) is 11.0 Å². The Morgan fingerprint density at radius 1 is 1.09 bits per heavy atom. The fraction of sp³-hybridized carbons (Fsp3) is 0.130. The molecule has 0 aliphatic rings. The number of aromatic amines is 1. The number of carboxylic acid groups (broad SMARTS) is 1. The third-order valence-corrected chi connectivity index (χ3v) is 5.26. The number of nitrogens with one attached hydrogen (secondary N) is 2. The van der Waals surface area contributed by atoms with Crippen molar-refractivity contribution in [2.45, 2.75) is 19.3 Å². The number of carboxylic acids is 1. The number of anilines is 1. The Morgan fingerprint density at radius 3 is 2.52 bits per heavy atom. The fourth-order valence-electron chi connectivity index (χ4n) is 3.16. The first-order valence-corrected chi connectivity index (χ1v) is 10.3. The number of benzene rings is 1. The normalized spacial score (nSPS) is 11.8. The molecule has 33 heavy (non-hydrogen) atoms. The smallest absolute Gasteiger partial charge is 0.313 e. The first kappa shape index (κ1) is 22.1. The average Bonchev–Trinajstić information content (AvgIpc) is 3.23. The zero-order valence-electron chi connectivity index (χ0n) is 17.4. The molecule has 9 nitrogen and oxygen atoms in total. The molecule has 3 heterocycles. The third-order valence-electron chi connectivity index (χ3n) is 5.01. The van der Waals surface area contributed by atoms with Crippen molar-refractivity contribution in [1.29, 1.82) is 0 Å². The lowest BCUT2D eigenvalue weighted by Crippen LogP contribution is -2.15. The SMILES string of the molecule is CC(C(=O)O)c1ncc2c(C(=O)c3ccc(NC(=O)Cc4ccc(Cl)cc4)cn3)c[nH]c2n1. The molecule has 0 saturated heterocycles. The average molecular weight is 464 g/mol. The Balaban J connectivity index is 1.46. The number of H-pyrrole nitrogens is 1. The number of carbonyl (C=O) groups is 3. The second kappa shape index (κ2) is 9.17. The van der Waals surface area contributed by atoms with Crippen LogP contribution >= 0.6 is 11.6 Å². The summed E-state index contributed by atoms with van der Waals surface area (Å²) in [5, 5.41) is 12.9. The summed E-state index contributed by atoms with van der Waals surface area (Å²) in [4.78, 5) is 51.6. The van der Waals surface area contributed by atoms with Crippen LogP contribution in [0.2, 0.25) is 5.02 Å². The van der Waals surface area contributed by atoms with Crippen LogP contribution in [0.5, 0.6) is 0 Å². The number of hydrogen-bond acceptors (Lipinski definition) is 6. The molecule has 10 heteroatoms. The zero-order valence-corrected chi connectivity index (χ0v) is 18.1. The monoisotopic (exact) mass is 463 g/mol. The van der Waals surface area contributed by atoms with Crippen molar-refractivity contribution in [2.75, 3.05) is 5.32 Å². The maximum absolute atomic E-state index is 12.9. The summed E-state index contributed by atoms with van der Waals surface area (Å²) >= 11 is 5.85. The highest BCUT2D eigenvalue weighted by atomic mass is 35.5. The van der Waals surface area contributed by atoms with Crippen molar-refractivity contribution in [3.63, 3.8) is 0 Å². The number of carbonyl (C=O) groups excluding carboxylic acids is 2. The molecule has 1 amide bonds. The van der Waals surface area contributed by atoms with E-state index in [9.17, 15) is 14.4 Å². The van der Waals surface area contributed by atoms with Gasteiger partial charge in [-0.05, 0) is 36.8 Å². The van der Waals surface area contributed by atoms with Crippen LogP contribution < -0.4 is 5.32 Å². The Hall–Kier alpha value is -4.11. The van der Waals surface area contributed by atoms with Crippen LogP contribution in [-0.4, -0.2) is 42.7 Å². The highest BCUT2D eigenvalue weighted by Crippen LogP contribution is 2.21. The van der Waals surface area contributed by atoms with Crippen LogP contribution in [0, 0.1) is 0 Å². The maximum Gasteiger partial charge on any atom is 0.313 e. The van der Waals surface area contributed by atoms with Crippen LogP contribution in [0.1, 0.15) is 40.3 Å². The van der Waals surface area contributed by atoms with Crippen molar-refractivity contribution in [2.24, 2.45) is 0 Å². The number of amides is 1. The van der Waals surface area contributed by atoms with E-state index in [2.05, 4.69) is 25.3 Å². The molecule has 0 aliphatic heterocycles. The number of ketones is 1. The highest BCUT2D eigenvalue weighted by Gasteiger charge is 2.21. The minimum atomic E-state index is -1.04. The molecule has 0 aliphatic carbocycles. The molecule has 4 rings (SSSR count). The van der Waals surface area contributed by atoms with E-state index in [1.807, 2.05) is 0 Å². The molecule has 0 spiro atoms. The van der Waals surface area contributed by atoms with Gasteiger partial charge in [-0.3, -0.25) is 19.4 Å². The molecule has 3 aromatic heterocycles. The zero-order chi connectivity index (χ0) is 23.5. The van der Waals surface area contributed by atoms with E-state index in [-0.39, 0.29) is 29.6 Å². The van der Waals surface area contributed by atoms with Gasteiger partial charge in [0.2, 0.25) is 11.7 Å². The predicted octanol–water partition coefficient (Wildman–Crippen LogP) is 3.61. The minimum absolute atomic E-state index is 0.146. The highest BCUT2D eigenvalue weighted by molar-refractivity contribution is 6.30. The summed E-state index contributed by atoms with van der Waals surface area (Å²) in [6.45, 7) is 1.48. The molecule has 1 atom stereocenters. The maximum atomic E-state index is 12.9. The number of aliphatic carboxylic acids is 1. The lowest BCUT2D eigenvalue weighted by Gasteiger charge is -2.06. The summed E-state index contributed by atoms with van der Waals surface area (Å²) in [6, 6.07) is 10.1. The third kappa shape index (κ3) is 4.88. The molecule has 0 fully saturated rings. The van der Waals surface area contributed by atoms with Gasteiger partial charge in [0, 0.05) is 22.8 Å². The van der Waals surface area contributed by atoms with Gasteiger partial charge in [0.1, 0.15) is 23.1 Å². The summed E-state index contributed by atoms with van der Waals surface area (Å²) in [7, 11) is 0. The molecular formula is C23H18ClN5O4. The van der Waals surface area contributed by atoms with E-state index in [0.29, 0.717) is 27.3 Å². The van der Waals surface area contributed by atoms with Gasteiger partial charge < -0.3 is 15.4 Å². The predicted molar refractivity (Wildman–Crippen MR) is 121 cm³/mol. The molecule has 1 unspecified atom stereocenters. The van der Waals surface area contributed by atoms with Gasteiger partial charge >= 0.3 is 5.97 Å². The lowest BCUT2D eigenvalue weighted by atomic mass is 10.1. The standard InChI is InChI=1S/C23H18ClN5O4/c1-12(23(32)33)21-26-11-17-16(10-27-22(17)29-21)20(31)18-7-6-15(9-25-18)28-19(30)8-13-2-4-14(24)5-3-13/h2-7,9-12H,8H2,1H3,(H,28,30)(H,32,33)(H,26,27,29). The summed E-state index contributed by atoms with van der Waals surface area (Å²) in [5.74, 6) is -2.35. The van der Waals surface area contributed by atoms with E-state index in [0.717, 1.165) is 5.56 Å². The largest absolute Gasteiger partial charge is 0.481 e. The number of fused-ring (bicyclic) bond motifs is 1. The van der Waals surface area contributed by atoms with Crippen molar-refractivity contribution in [1.82, 2.24) is 19.9 Å². The van der Waals surface area contributed by atoms with Gasteiger partial charge in [-0.1, -0.05) is 23.7 Å². The van der Waals surface area contributed by atoms with Gasteiger partial charge in [-0.2, -0.15) is 0 Å².